The van der Waals surface area contributed by atoms with Crippen LogP contribution in [-0.2, 0) is 22.6 Å². The molecule has 0 aliphatic rings. The summed E-state index contributed by atoms with van der Waals surface area (Å²) in [6, 6.07) is 17.0. The molecule has 192 valence electrons. The Morgan fingerprint density at radius 1 is 1.11 bits per heavy atom. The van der Waals surface area contributed by atoms with Crippen molar-refractivity contribution in [3.63, 3.8) is 0 Å². The molecule has 0 atom stereocenters. The number of carbonyl (C=O) groups is 2. The van der Waals surface area contributed by atoms with E-state index >= 15 is 0 Å². The molecule has 2 aromatic heterocycles. The van der Waals surface area contributed by atoms with Gasteiger partial charge < -0.3 is 9.64 Å². The van der Waals surface area contributed by atoms with Gasteiger partial charge in [-0.2, -0.15) is 0 Å². The molecule has 4 aromatic rings. The number of hydrogen-bond donors (Lipinski definition) is 0. The van der Waals surface area contributed by atoms with Gasteiger partial charge in [-0.05, 0) is 42.7 Å². The molecule has 0 aliphatic carbocycles. The van der Waals surface area contributed by atoms with Gasteiger partial charge in [0.15, 0.2) is 5.16 Å². The van der Waals surface area contributed by atoms with Gasteiger partial charge in [-0.25, -0.2) is 9.78 Å². The van der Waals surface area contributed by atoms with Gasteiger partial charge >= 0.3 is 5.97 Å². The number of aryl methyl sites for hydroxylation is 1. The van der Waals surface area contributed by atoms with Crippen LogP contribution in [0.15, 0.2) is 64.5 Å². The predicted molar refractivity (Wildman–Crippen MR) is 149 cm³/mol. The first-order valence-electron chi connectivity index (χ1n) is 11.6. The van der Waals surface area contributed by atoms with Gasteiger partial charge in [-0.3, -0.25) is 14.2 Å². The Hall–Kier alpha value is -3.14. The van der Waals surface area contributed by atoms with Crippen LogP contribution in [0, 0.1) is 6.92 Å². The molecule has 2 heterocycles. The second-order valence-electron chi connectivity index (χ2n) is 8.39. The molecule has 0 unspecified atom stereocenters. The number of rotatable bonds is 9. The Bertz CT molecular complexity index is 1480. The Kier molecular flexibility index (Phi) is 8.68. The van der Waals surface area contributed by atoms with Gasteiger partial charge in [0.25, 0.3) is 5.56 Å². The van der Waals surface area contributed by atoms with Crippen molar-refractivity contribution in [3.8, 4) is 0 Å². The number of ether oxygens (including phenoxy) is 1. The van der Waals surface area contributed by atoms with Crippen molar-refractivity contribution in [3.05, 3.63) is 91.5 Å². The third-order valence-electron chi connectivity index (χ3n) is 5.74. The van der Waals surface area contributed by atoms with Crippen molar-refractivity contribution in [1.29, 1.82) is 0 Å². The Labute approximate surface area is 228 Å². The van der Waals surface area contributed by atoms with Crippen molar-refractivity contribution < 1.29 is 14.3 Å². The Morgan fingerprint density at radius 2 is 1.81 bits per heavy atom. The zero-order chi connectivity index (χ0) is 26.5. The molecule has 1 amide bonds. The first kappa shape index (κ1) is 26.9. The van der Waals surface area contributed by atoms with Crippen molar-refractivity contribution in [2.45, 2.75) is 32.1 Å². The van der Waals surface area contributed by atoms with Crippen LogP contribution in [0.25, 0.3) is 10.2 Å². The van der Waals surface area contributed by atoms with Gasteiger partial charge in [-0.1, -0.05) is 65.8 Å². The quantitative estimate of drug-likeness (QED) is 0.156. The molecule has 0 N–H and O–H groups in total. The smallest absolute Gasteiger partial charge is 0.348 e. The number of aromatic nitrogens is 2. The first-order chi connectivity index (χ1) is 17.8. The minimum Gasteiger partial charge on any atom is -0.462 e. The fourth-order valence-corrected chi connectivity index (χ4v) is 5.97. The molecule has 0 spiro atoms. The lowest BCUT2D eigenvalue weighted by Crippen LogP contribution is -2.29. The maximum Gasteiger partial charge on any atom is 0.348 e. The second kappa shape index (κ2) is 11.9. The third-order valence-corrected chi connectivity index (χ3v) is 8.12. The highest BCUT2D eigenvalue weighted by Gasteiger charge is 2.23. The molecular formula is C27H26ClN3O4S2. The SMILES string of the molecule is CCOC(=O)c1sc2nc(SCC(=O)N(C)Cc3ccccc3)n(Cc3ccc(Cl)cc3)c(=O)c2c1C. The Morgan fingerprint density at radius 3 is 2.49 bits per heavy atom. The van der Waals surface area contributed by atoms with Gasteiger partial charge in [0.05, 0.1) is 24.3 Å². The zero-order valence-corrected chi connectivity index (χ0v) is 23.1. The number of hydrogen-bond acceptors (Lipinski definition) is 7. The number of benzene rings is 2. The monoisotopic (exact) mass is 555 g/mol. The predicted octanol–water partition coefficient (Wildman–Crippen LogP) is 5.40. The molecule has 10 heteroatoms. The largest absolute Gasteiger partial charge is 0.462 e. The molecule has 0 bridgehead atoms. The van der Waals surface area contributed by atoms with Crippen molar-refractivity contribution in [2.24, 2.45) is 0 Å². The number of nitrogens with zero attached hydrogens (tertiary/aromatic N) is 3. The van der Waals surface area contributed by atoms with E-state index < -0.39 is 5.97 Å². The van der Waals surface area contributed by atoms with E-state index in [0.29, 0.717) is 37.4 Å². The topological polar surface area (TPSA) is 81.5 Å². The first-order valence-corrected chi connectivity index (χ1v) is 13.8. The van der Waals surface area contributed by atoms with Crippen LogP contribution in [0.4, 0.5) is 0 Å². The standard InChI is InChI=1S/C27H26ClN3O4S2/c1-4-35-26(34)23-17(2)22-24(37-23)29-27(31(25(22)33)15-19-10-12-20(28)13-11-19)36-16-21(32)30(3)14-18-8-6-5-7-9-18/h5-13H,4,14-16H2,1-3H3. The lowest BCUT2D eigenvalue weighted by Gasteiger charge is -2.18. The average molecular weight is 556 g/mol. The van der Waals surface area contributed by atoms with E-state index in [1.807, 2.05) is 42.5 Å². The van der Waals surface area contributed by atoms with Crippen LogP contribution in [0.3, 0.4) is 0 Å². The van der Waals surface area contributed by atoms with Crippen LogP contribution in [0.2, 0.25) is 5.02 Å². The molecule has 0 saturated carbocycles. The van der Waals surface area contributed by atoms with Crippen molar-refractivity contribution in [1.82, 2.24) is 14.5 Å². The molecule has 0 radical (unpaired) electrons. The summed E-state index contributed by atoms with van der Waals surface area (Å²) in [6.45, 7) is 4.44. The highest BCUT2D eigenvalue weighted by atomic mass is 35.5. The van der Waals surface area contributed by atoms with Crippen LogP contribution in [0.5, 0.6) is 0 Å². The molecular weight excluding hydrogens is 530 g/mol. The summed E-state index contributed by atoms with van der Waals surface area (Å²) in [5.41, 5.74) is 2.18. The van der Waals surface area contributed by atoms with Gasteiger partial charge in [-0.15, -0.1) is 11.3 Å². The summed E-state index contributed by atoms with van der Waals surface area (Å²) in [7, 11) is 1.75. The number of carbonyl (C=O) groups excluding carboxylic acids is 2. The maximum absolute atomic E-state index is 13.7. The van der Waals surface area contributed by atoms with Gasteiger partial charge in [0.1, 0.15) is 9.71 Å². The molecule has 7 nitrogen and oxygen atoms in total. The fourth-order valence-electron chi connectivity index (χ4n) is 3.79. The number of thioether (sulfide) groups is 1. The molecule has 2 aromatic carbocycles. The number of esters is 1. The second-order valence-corrected chi connectivity index (χ2v) is 10.8. The lowest BCUT2D eigenvalue weighted by atomic mass is 10.2. The van der Waals surface area contributed by atoms with E-state index in [2.05, 4.69) is 0 Å². The summed E-state index contributed by atoms with van der Waals surface area (Å²) in [5, 5.41) is 1.39. The average Bonchev–Trinajstić information content (AvgIpc) is 3.22. The van der Waals surface area contributed by atoms with Crippen LogP contribution >= 0.6 is 34.7 Å². The summed E-state index contributed by atoms with van der Waals surface area (Å²) < 4.78 is 6.72. The van der Waals surface area contributed by atoms with Gasteiger partial charge in [0, 0.05) is 18.6 Å². The summed E-state index contributed by atoms with van der Waals surface area (Å²) in [4.78, 5) is 46.3. The minimum absolute atomic E-state index is 0.0872. The van der Waals surface area contributed by atoms with Crippen LogP contribution < -0.4 is 5.56 Å². The zero-order valence-electron chi connectivity index (χ0n) is 20.7. The molecule has 0 fully saturated rings. The summed E-state index contributed by atoms with van der Waals surface area (Å²) in [5.74, 6) is -0.453. The number of amides is 1. The van der Waals surface area contributed by atoms with E-state index in [-0.39, 0.29) is 30.4 Å². The molecule has 4 rings (SSSR count). The Balaban J connectivity index is 1.67. The summed E-state index contributed by atoms with van der Waals surface area (Å²) in [6.07, 6.45) is 0. The molecule has 0 saturated heterocycles. The fraction of sp³-hybridized carbons (Fsp3) is 0.259. The van der Waals surface area contributed by atoms with Crippen molar-refractivity contribution in [2.75, 3.05) is 19.4 Å². The van der Waals surface area contributed by atoms with E-state index in [9.17, 15) is 14.4 Å². The lowest BCUT2D eigenvalue weighted by molar-refractivity contribution is -0.127. The van der Waals surface area contributed by atoms with E-state index in [1.165, 1.54) is 11.8 Å². The van der Waals surface area contributed by atoms with Crippen LogP contribution in [-0.4, -0.2) is 45.7 Å². The van der Waals surface area contributed by atoms with E-state index in [4.69, 9.17) is 21.3 Å². The van der Waals surface area contributed by atoms with Crippen LogP contribution in [0.1, 0.15) is 33.3 Å². The highest BCUT2D eigenvalue weighted by molar-refractivity contribution is 7.99. The molecule has 0 aliphatic heterocycles. The minimum atomic E-state index is -0.474. The number of thiophene rings is 1. The third kappa shape index (κ3) is 6.23. The maximum atomic E-state index is 13.7. The number of halogens is 1. The number of fused-ring (bicyclic) bond motifs is 1. The normalized spacial score (nSPS) is 11.0. The highest BCUT2D eigenvalue weighted by Crippen LogP contribution is 2.30. The van der Waals surface area contributed by atoms with Crippen molar-refractivity contribution >= 4 is 56.8 Å². The molecule has 37 heavy (non-hydrogen) atoms. The van der Waals surface area contributed by atoms with Gasteiger partial charge in [0.2, 0.25) is 5.91 Å². The van der Waals surface area contributed by atoms with E-state index in [1.54, 1.807) is 42.5 Å². The summed E-state index contributed by atoms with van der Waals surface area (Å²) >= 11 is 8.38. The van der Waals surface area contributed by atoms with E-state index in [0.717, 1.165) is 22.5 Å².